The monoisotopic (exact) mass is 364 g/mol. The van der Waals surface area contributed by atoms with Crippen molar-refractivity contribution in [3.8, 4) is 0 Å². The summed E-state index contributed by atoms with van der Waals surface area (Å²) >= 11 is 1.90. The molecule has 4 nitrogen and oxygen atoms in total. The van der Waals surface area contributed by atoms with Crippen molar-refractivity contribution in [2.24, 2.45) is 4.99 Å². The Morgan fingerprint density at radius 1 is 1.04 bits per heavy atom. The molecule has 134 valence electrons. The molecule has 3 atom stereocenters. The van der Waals surface area contributed by atoms with Crippen LogP contribution in [0.15, 0.2) is 53.7 Å². The van der Waals surface area contributed by atoms with Gasteiger partial charge in [-0.25, -0.2) is 0 Å². The lowest BCUT2D eigenvalue weighted by Gasteiger charge is -2.28. The van der Waals surface area contributed by atoms with Crippen LogP contribution < -0.4 is 4.90 Å². The number of aromatic nitrogens is 1. The first-order valence-electron chi connectivity index (χ1n) is 9.56. The van der Waals surface area contributed by atoms with E-state index < -0.39 is 0 Å². The summed E-state index contributed by atoms with van der Waals surface area (Å²) in [5.74, 6) is 0. The molecule has 0 N–H and O–H groups in total. The maximum Gasteiger partial charge on any atom is 0.160 e. The third-order valence-electron chi connectivity index (χ3n) is 5.59. The fourth-order valence-electron chi connectivity index (χ4n) is 4.34. The van der Waals surface area contributed by atoms with Crippen molar-refractivity contribution in [3.63, 3.8) is 0 Å². The normalized spacial score (nSPS) is 27.7. The molecule has 0 radical (unpaired) electrons. The first-order valence-corrected chi connectivity index (χ1v) is 10.4. The first-order chi connectivity index (χ1) is 12.8. The summed E-state index contributed by atoms with van der Waals surface area (Å²) in [5.41, 5.74) is 3.76. The average molecular weight is 365 g/mol. The molecule has 2 aromatic rings. The Labute approximate surface area is 159 Å². The van der Waals surface area contributed by atoms with E-state index >= 15 is 0 Å². The van der Waals surface area contributed by atoms with Crippen molar-refractivity contribution in [2.45, 2.75) is 37.1 Å². The number of benzene rings is 1. The maximum atomic E-state index is 5.06. The van der Waals surface area contributed by atoms with E-state index in [0.717, 1.165) is 12.2 Å². The van der Waals surface area contributed by atoms with Crippen LogP contribution in [0.25, 0.3) is 0 Å². The molecule has 3 aliphatic heterocycles. The highest BCUT2D eigenvalue weighted by Gasteiger charge is 2.43. The van der Waals surface area contributed by atoms with Gasteiger partial charge >= 0.3 is 0 Å². The van der Waals surface area contributed by atoms with Gasteiger partial charge in [0.15, 0.2) is 5.17 Å². The molecule has 2 saturated heterocycles. The van der Waals surface area contributed by atoms with Crippen molar-refractivity contribution >= 4 is 22.6 Å². The van der Waals surface area contributed by atoms with Gasteiger partial charge < -0.3 is 9.80 Å². The van der Waals surface area contributed by atoms with Crippen LogP contribution in [0, 0.1) is 0 Å². The minimum absolute atomic E-state index is 0.0869. The average Bonchev–Trinajstić information content (AvgIpc) is 3.38. The smallest absolute Gasteiger partial charge is 0.160 e. The first kappa shape index (κ1) is 16.2. The van der Waals surface area contributed by atoms with Crippen LogP contribution in [0.2, 0.25) is 0 Å². The van der Waals surface area contributed by atoms with Gasteiger partial charge in [-0.2, -0.15) is 0 Å². The lowest BCUT2D eigenvalue weighted by atomic mass is 9.96. The Balaban J connectivity index is 1.48. The molecule has 0 unspecified atom stereocenters. The molecule has 0 amide bonds. The van der Waals surface area contributed by atoms with Crippen LogP contribution in [-0.2, 0) is 0 Å². The van der Waals surface area contributed by atoms with Gasteiger partial charge in [0.1, 0.15) is 6.04 Å². The Kier molecular flexibility index (Phi) is 4.12. The second-order valence-corrected chi connectivity index (χ2v) is 8.83. The molecule has 0 saturated carbocycles. The van der Waals surface area contributed by atoms with Gasteiger partial charge in [-0.3, -0.25) is 9.98 Å². The number of nitrogens with zero attached hydrogens (tertiary/aromatic N) is 4. The highest BCUT2D eigenvalue weighted by atomic mass is 32.2. The van der Waals surface area contributed by atoms with Gasteiger partial charge in [-0.15, -0.1) is 0 Å². The van der Waals surface area contributed by atoms with E-state index in [2.05, 4.69) is 58.1 Å². The Morgan fingerprint density at radius 3 is 2.58 bits per heavy atom. The Hall–Kier alpha value is -2.01. The van der Waals surface area contributed by atoms with E-state index in [1.807, 2.05) is 24.0 Å². The summed E-state index contributed by atoms with van der Waals surface area (Å²) in [6, 6.07) is 15.7. The summed E-state index contributed by atoms with van der Waals surface area (Å²) in [5, 5.41) is 1.78. The number of rotatable bonds is 3. The Bertz CT molecular complexity index is 799. The number of hydrogen-bond acceptors (Lipinski definition) is 5. The largest absolute Gasteiger partial charge is 0.372 e. The quantitative estimate of drug-likeness (QED) is 0.814. The molecular weight excluding hydrogens is 340 g/mol. The highest BCUT2D eigenvalue weighted by molar-refractivity contribution is 8.14. The van der Waals surface area contributed by atoms with Gasteiger partial charge in [0.25, 0.3) is 0 Å². The Morgan fingerprint density at radius 2 is 1.85 bits per heavy atom. The highest BCUT2D eigenvalue weighted by Crippen LogP contribution is 2.47. The predicted octanol–water partition coefficient (Wildman–Crippen LogP) is 4.27. The standard InChI is InChI=1S/C21H24N4S/c1-15-14-25-20(16-7-9-17(10-8-16)24-12-4-5-13-24)19(23-21(25)26-15)18-6-2-3-11-22-18/h2-3,6-11,15,19-20H,4-5,12-14H2,1H3/t15-,19-,20+/m1/s1. The van der Waals surface area contributed by atoms with E-state index in [1.165, 1.54) is 42.3 Å². The van der Waals surface area contributed by atoms with Gasteiger partial charge in [0, 0.05) is 36.8 Å². The molecule has 4 heterocycles. The van der Waals surface area contributed by atoms with Crippen LogP contribution in [-0.4, -0.2) is 39.9 Å². The number of anilines is 1. The SMILES string of the molecule is C[C@@H]1CN2C(=N[C@H](c3ccccn3)[C@@H]2c2ccc(N3CCCC3)cc2)S1. The van der Waals surface area contributed by atoms with Crippen LogP contribution in [0.1, 0.15) is 43.1 Å². The third-order valence-corrected chi connectivity index (χ3v) is 6.69. The third kappa shape index (κ3) is 2.78. The van der Waals surface area contributed by atoms with Gasteiger partial charge in [0.05, 0.1) is 11.7 Å². The van der Waals surface area contributed by atoms with Crippen molar-refractivity contribution in [1.82, 2.24) is 9.88 Å². The van der Waals surface area contributed by atoms with E-state index in [-0.39, 0.29) is 12.1 Å². The lowest BCUT2D eigenvalue weighted by Crippen LogP contribution is -2.28. The van der Waals surface area contributed by atoms with Crippen molar-refractivity contribution < 1.29 is 0 Å². The van der Waals surface area contributed by atoms with E-state index in [0.29, 0.717) is 5.25 Å². The maximum absolute atomic E-state index is 5.06. The van der Waals surface area contributed by atoms with Crippen LogP contribution in [0.3, 0.4) is 0 Å². The second-order valence-electron chi connectivity index (χ2n) is 7.42. The molecule has 0 spiro atoms. The molecule has 0 bridgehead atoms. The van der Waals surface area contributed by atoms with Crippen molar-refractivity contribution in [1.29, 1.82) is 0 Å². The molecule has 1 aromatic heterocycles. The second kappa shape index (κ2) is 6.62. The number of pyridine rings is 1. The molecular formula is C21H24N4S. The number of amidine groups is 1. The molecule has 1 aromatic carbocycles. The fourth-order valence-corrected chi connectivity index (χ4v) is 5.43. The summed E-state index contributed by atoms with van der Waals surface area (Å²) < 4.78 is 0. The molecule has 5 rings (SSSR count). The predicted molar refractivity (Wildman–Crippen MR) is 109 cm³/mol. The zero-order chi connectivity index (χ0) is 17.5. The number of thioether (sulfide) groups is 1. The summed E-state index contributed by atoms with van der Waals surface area (Å²) in [6.07, 6.45) is 4.50. The van der Waals surface area contributed by atoms with Crippen molar-refractivity contribution in [3.05, 3.63) is 59.9 Å². The van der Waals surface area contributed by atoms with Crippen LogP contribution >= 0.6 is 11.8 Å². The number of hydrogen-bond donors (Lipinski definition) is 0. The number of fused-ring (bicyclic) bond motifs is 1. The molecule has 26 heavy (non-hydrogen) atoms. The lowest BCUT2D eigenvalue weighted by molar-refractivity contribution is 0.321. The molecule has 2 fully saturated rings. The zero-order valence-corrected chi connectivity index (χ0v) is 15.9. The molecule has 5 heteroatoms. The van der Waals surface area contributed by atoms with Crippen LogP contribution in [0.5, 0.6) is 0 Å². The molecule has 0 aliphatic carbocycles. The minimum atomic E-state index is 0.0869. The summed E-state index contributed by atoms with van der Waals surface area (Å²) in [7, 11) is 0. The fraction of sp³-hybridized carbons (Fsp3) is 0.429. The van der Waals surface area contributed by atoms with Crippen molar-refractivity contribution in [2.75, 3.05) is 24.5 Å². The van der Waals surface area contributed by atoms with Gasteiger partial charge in [0.2, 0.25) is 0 Å². The minimum Gasteiger partial charge on any atom is -0.372 e. The van der Waals surface area contributed by atoms with E-state index in [9.17, 15) is 0 Å². The molecule has 3 aliphatic rings. The van der Waals surface area contributed by atoms with E-state index in [4.69, 9.17) is 4.99 Å². The zero-order valence-electron chi connectivity index (χ0n) is 15.1. The van der Waals surface area contributed by atoms with Crippen LogP contribution in [0.4, 0.5) is 5.69 Å². The topological polar surface area (TPSA) is 31.7 Å². The summed E-state index contributed by atoms with van der Waals surface area (Å²) in [4.78, 5) is 14.6. The number of aliphatic imine (C=N–C) groups is 1. The van der Waals surface area contributed by atoms with Gasteiger partial charge in [-0.05, 0) is 42.7 Å². The van der Waals surface area contributed by atoms with E-state index in [1.54, 1.807) is 0 Å². The van der Waals surface area contributed by atoms with Gasteiger partial charge in [-0.1, -0.05) is 36.9 Å². The summed E-state index contributed by atoms with van der Waals surface area (Å²) in [6.45, 7) is 5.72.